The second kappa shape index (κ2) is 10.9. The van der Waals surface area contributed by atoms with Gasteiger partial charge < -0.3 is 24.8 Å². The van der Waals surface area contributed by atoms with E-state index in [1.807, 2.05) is 6.07 Å². The van der Waals surface area contributed by atoms with Gasteiger partial charge in [-0.25, -0.2) is 0 Å². The van der Waals surface area contributed by atoms with E-state index in [1.165, 1.54) is 7.11 Å². The summed E-state index contributed by atoms with van der Waals surface area (Å²) in [6.45, 7) is 2.69. The van der Waals surface area contributed by atoms with Crippen molar-refractivity contribution in [3.63, 3.8) is 0 Å². The summed E-state index contributed by atoms with van der Waals surface area (Å²) >= 11 is 0. The molecule has 2 amide bonds. The van der Waals surface area contributed by atoms with E-state index < -0.39 is 6.10 Å². The van der Waals surface area contributed by atoms with Crippen molar-refractivity contribution < 1.29 is 23.8 Å². The van der Waals surface area contributed by atoms with Gasteiger partial charge in [0.05, 0.1) is 18.4 Å². The van der Waals surface area contributed by atoms with Crippen LogP contribution in [-0.2, 0) is 9.53 Å². The summed E-state index contributed by atoms with van der Waals surface area (Å²) < 4.78 is 15.9. The van der Waals surface area contributed by atoms with Gasteiger partial charge in [-0.15, -0.1) is 0 Å². The molecule has 1 unspecified atom stereocenters. The van der Waals surface area contributed by atoms with Crippen LogP contribution in [0.2, 0.25) is 0 Å². The summed E-state index contributed by atoms with van der Waals surface area (Å²) in [5, 5.41) is 5.57. The number of amides is 2. The van der Waals surface area contributed by atoms with Gasteiger partial charge in [-0.1, -0.05) is 24.3 Å². The molecule has 28 heavy (non-hydrogen) atoms. The minimum absolute atomic E-state index is 0.259. The van der Waals surface area contributed by atoms with Crippen LogP contribution < -0.4 is 20.1 Å². The van der Waals surface area contributed by atoms with Gasteiger partial charge >= 0.3 is 0 Å². The number of hydrogen-bond acceptors (Lipinski definition) is 5. The van der Waals surface area contributed by atoms with Crippen molar-refractivity contribution in [2.45, 2.75) is 19.4 Å². The maximum Gasteiger partial charge on any atom is 0.265 e. The zero-order chi connectivity index (χ0) is 20.4. The van der Waals surface area contributed by atoms with Crippen LogP contribution in [0.5, 0.6) is 11.5 Å². The van der Waals surface area contributed by atoms with E-state index in [1.54, 1.807) is 56.5 Å². The fourth-order valence-electron chi connectivity index (χ4n) is 2.50. The number of benzene rings is 2. The number of para-hydroxylation sites is 3. The predicted molar refractivity (Wildman–Crippen MR) is 107 cm³/mol. The minimum Gasteiger partial charge on any atom is -0.493 e. The van der Waals surface area contributed by atoms with Crippen LogP contribution in [0.25, 0.3) is 0 Å². The van der Waals surface area contributed by atoms with Crippen LogP contribution in [0, 0.1) is 0 Å². The number of methoxy groups -OCH3 is 2. The summed E-state index contributed by atoms with van der Waals surface area (Å²) in [7, 11) is 3.15. The molecule has 2 aromatic rings. The van der Waals surface area contributed by atoms with Crippen molar-refractivity contribution in [3.8, 4) is 11.5 Å². The van der Waals surface area contributed by atoms with Crippen LogP contribution >= 0.6 is 0 Å². The Morgan fingerprint density at radius 1 is 1.00 bits per heavy atom. The molecule has 0 bridgehead atoms. The summed E-state index contributed by atoms with van der Waals surface area (Å²) in [4.78, 5) is 25.0. The highest BCUT2D eigenvalue weighted by molar-refractivity contribution is 6.04. The standard InChI is InChI=1S/C21H26N2O5/c1-15(28-19-12-7-6-11-18(19)27-3)20(24)23-17-10-5-4-9-16(17)21(25)22-13-8-14-26-2/h4-7,9-12,15H,8,13-14H2,1-3H3,(H,22,25)(H,23,24). The lowest BCUT2D eigenvalue weighted by molar-refractivity contribution is -0.122. The second-order valence-corrected chi connectivity index (χ2v) is 6.05. The fourth-order valence-corrected chi connectivity index (χ4v) is 2.50. The fraction of sp³-hybridized carbons (Fsp3) is 0.333. The van der Waals surface area contributed by atoms with Crippen molar-refractivity contribution in [1.29, 1.82) is 0 Å². The maximum absolute atomic E-state index is 12.6. The Balaban J connectivity index is 2.02. The number of ether oxygens (including phenoxy) is 3. The van der Waals surface area contributed by atoms with Gasteiger partial charge in [0, 0.05) is 20.3 Å². The molecule has 0 aliphatic carbocycles. The largest absolute Gasteiger partial charge is 0.493 e. The van der Waals surface area contributed by atoms with Crippen molar-refractivity contribution in [3.05, 3.63) is 54.1 Å². The molecule has 150 valence electrons. The van der Waals surface area contributed by atoms with Gasteiger partial charge in [0.15, 0.2) is 17.6 Å². The van der Waals surface area contributed by atoms with Crippen LogP contribution in [0.4, 0.5) is 5.69 Å². The summed E-state index contributed by atoms with van der Waals surface area (Å²) in [6, 6.07) is 13.9. The Morgan fingerprint density at radius 3 is 2.39 bits per heavy atom. The molecule has 2 rings (SSSR count). The lowest BCUT2D eigenvalue weighted by Crippen LogP contribution is -2.32. The Hall–Kier alpha value is -3.06. The van der Waals surface area contributed by atoms with Crippen molar-refractivity contribution in [2.75, 3.05) is 32.7 Å². The number of rotatable bonds is 10. The number of carbonyl (C=O) groups is 2. The first-order valence-corrected chi connectivity index (χ1v) is 9.03. The molecule has 0 radical (unpaired) electrons. The zero-order valence-electron chi connectivity index (χ0n) is 16.4. The van der Waals surface area contributed by atoms with Gasteiger partial charge in [-0.05, 0) is 37.6 Å². The predicted octanol–water partition coefficient (Wildman–Crippen LogP) is 2.87. The molecular formula is C21H26N2O5. The van der Waals surface area contributed by atoms with E-state index in [4.69, 9.17) is 14.2 Å². The molecule has 1 atom stereocenters. The van der Waals surface area contributed by atoms with Crippen LogP contribution in [0.3, 0.4) is 0 Å². The van der Waals surface area contributed by atoms with Crippen molar-refractivity contribution >= 4 is 17.5 Å². The van der Waals surface area contributed by atoms with Crippen LogP contribution in [-0.4, -0.2) is 45.3 Å². The van der Waals surface area contributed by atoms with E-state index in [9.17, 15) is 9.59 Å². The van der Waals surface area contributed by atoms with Crippen molar-refractivity contribution in [1.82, 2.24) is 5.32 Å². The van der Waals surface area contributed by atoms with Gasteiger partial charge in [0.1, 0.15) is 0 Å². The number of carbonyl (C=O) groups excluding carboxylic acids is 2. The third kappa shape index (κ3) is 5.99. The molecule has 0 aromatic heterocycles. The zero-order valence-corrected chi connectivity index (χ0v) is 16.4. The lowest BCUT2D eigenvalue weighted by Gasteiger charge is -2.17. The number of anilines is 1. The topological polar surface area (TPSA) is 85.9 Å². The van der Waals surface area contributed by atoms with Gasteiger partial charge in [-0.2, -0.15) is 0 Å². The van der Waals surface area contributed by atoms with Gasteiger partial charge in [0.25, 0.3) is 11.8 Å². The Kier molecular flexibility index (Phi) is 8.30. The first-order valence-electron chi connectivity index (χ1n) is 9.03. The summed E-state index contributed by atoms with van der Waals surface area (Å²) in [5.41, 5.74) is 0.810. The highest BCUT2D eigenvalue weighted by atomic mass is 16.5. The molecule has 0 fully saturated rings. The highest BCUT2D eigenvalue weighted by Gasteiger charge is 2.19. The van der Waals surface area contributed by atoms with Crippen LogP contribution in [0.15, 0.2) is 48.5 Å². The molecule has 0 saturated heterocycles. The maximum atomic E-state index is 12.6. The normalized spacial score (nSPS) is 11.4. The molecule has 0 aliphatic rings. The number of hydrogen-bond donors (Lipinski definition) is 2. The van der Waals surface area contributed by atoms with E-state index in [2.05, 4.69) is 10.6 Å². The molecule has 0 aliphatic heterocycles. The van der Waals surface area contributed by atoms with E-state index >= 15 is 0 Å². The molecule has 2 aromatic carbocycles. The smallest absolute Gasteiger partial charge is 0.265 e. The van der Waals surface area contributed by atoms with Crippen LogP contribution in [0.1, 0.15) is 23.7 Å². The van der Waals surface area contributed by atoms with E-state index in [0.29, 0.717) is 42.3 Å². The quantitative estimate of drug-likeness (QED) is 0.613. The molecule has 0 spiro atoms. The van der Waals surface area contributed by atoms with E-state index in [-0.39, 0.29) is 11.8 Å². The monoisotopic (exact) mass is 386 g/mol. The third-order valence-corrected chi connectivity index (χ3v) is 3.98. The number of nitrogens with one attached hydrogen (secondary N) is 2. The minimum atomic E-state index is -0.783. The average Bonchev–Trinajstić information content (AvgIpc) is 2.71. The molecule has 0 saturated carbocycles. The first-order chi connectivity index (χ1) is 13.6. The second-order valence-electron chi connectivity index (χ2n) is 6.05. The molecule has 7 nitrogen and oxygen atoms in total. The Labute approximate surface area is 165 Å². The molecule has 7 heteroatoms. The molecular weight excluding hydrogens is 360 g/mol. The van der Waals surface area contributed by atoms with Gasteiger partial charge in [-0.3, -0.25) is 9.59 Å². The SMILES string of the molecule is COCCCNC(=O)c1ccccc1NC(=O)C(C)Oc1ccccc1OC. The van der Waals surface area contributed by atoms with Gasteiger partial charge in [0.2, 0.25) is 0 Å². The third-order valence-electron chi connectivity index (χ3n) is 3.98. The highest BCUT2D eigenvalue weighted by Crippen LogP contribution is 2.27. The van der Waals surface area contributed by atoms with Crippen molar-refractivity contribution in [2.24, 2.45) is 0 Å². The Morgan fingerprint density at radius 2 is 1.68 bits per heavy atom. The summed E-state index contributed by atoms with van der Waals surface area (Å²) in [6.07, 6.45) is -0.0743. The molecule has 2 N–H and O–H groups in total. The Bertz CT molecular complexity index is 794. The van der Waals surface area contributed by atoms with E-state index in [0.717, 1.165) is 0 Å². The lowest BCUT2D eigenvalue weighted by atomic mass is 10.1. The first kappa shape index (κ1) is 21.2. The average molecular weight is 386 g/mol. The summed E-state index contributed by atoms with van der Waals surface area (Å²) in [5.74, 6) is 0.380. The molecule has 0 heterocycles.